The number of allylic oxidation sites excluding steroid dienone is 2. The van der Waals surface area contributed by atoms with E-state index in [-0.39, 0.29) is 0 Å². The Hall–Kier alpha value is -0.860. The van der Waals surface area contributed by atoms with E-state index in [1.54, 1.807) is 18.2 Å². The van der Waals surface area contributed by atoms with Crippen LogP contribution < -0.4 is 0 Å². The molecule has 0 unspecified atom stereocenters. The van der Waals surface area contributed by atoms with Gasteiger partial charge in [0.1, 0.15) is 0 Å². The summed E-state index contributed by atoms with van der Waals surface area (Å²) in [6.45, 7) is 8.68. The predicted octanol–water partition coefficient (Wildman–Crippen LogP) is 2.05. The molecule has 2 nitrogen and oxygen atoms in total. The number of rotatable bonds is 3. The van der Waals surface area contributed by atoms with Gasteiger partial charge in [0.05, 0.1) is 13.2 Å². The summed E-state index contributed by atoms with van der Waals surface area (Å²) in [4.78, 5) is 0. The molecular weight excluding hydrogens is 152 g/mol. The maximum absolute atomic E-state index is 5.44. The van der Waals surface area contributed by atoms with Gasteiger partial charge in [0.15, 0.2) is 0 Å². The van der Waals surface area contributed by atoms with Crippen molar-refractivity contribution in [2.45, 2.75) is 12.2 Å². The van der Waals surface area contributed by atoms with Gasteiger partial charge in [-0.2, -0.15) is 0 Å². The van der Waals surface area contributed by atoms with E-state index in [2.05, 4.69) is 13.2 Å². The third-order valence-electron chi connectivity index (χ3n) is 1.69. The summed E-state index contributed by atoms with van der Waals surface area (Å²) in [5.41, 5.74) is 0. The van der Waals surface area contributed by atoms with E-state index >= 15 is 0 Å². The minimum absolute atomic E-state index is 0.716. The van der Waals surface area contributed by atoms with Gasteiger partial charge in [0, 0.05) is 0 Å². The summed E-state index contributed by atoms with van der Waals surface area (Å²) in [5, 5.41) is 0. The van der Waals surface area contributed by atoms with Crippen molar-refractivity contribution in [2.24, 2.45) is 0 Å². The molecule has 2 heteroatoms. The normalized spacial score (nSPS) is 22.3. The van der Waals surface area contributed by atoms with E-state index in [1.165, 1.54) is 0 Å². The molecule has 0 aromatic carbocycles. The Morgan fingerprint density at radius 3 is 2.33 bits per heavy atom. The smallest absolute Gasteiger partial charge is 0.207 e. The Bertz CT molecular complexity index is 188. The van der Waals surface area contributed by atoms with Crippen LogP contribution in [-0.2, 0) is 9.47 Å². The second-order valence-electron chi connectivity index (χ2n) is 2.57. The molecule has 0 atom stereocenters. The number of ether oxygens (including phenoxy) is 2. The zero-order valence-corrected chi connectivity index (χ0v) is 7.16. The molecule has 12 heavy (non-hydrogen) atoms. The summed E-state index contributed by atoms with van der Waals surface area (Å²) >= 11 is 0. The van der Waals surface area contributed by atoms with Crippen molar-refractivity contribution in [3.8, 4) is 0 Å². The first-order valence-corrected chi connectivity index (χ1v) is 4.05. The topological polar surface area (TPSA) is 18.5 Å². The molecule has 0 amide bonds. The van der Waals surface area contributed by atoms with Gasteiger partial charge in [-0.1, -0.05) is 25.3 Å². The molecule has 0 bridgehead atoms. The van der Waals surface area contributed by atoms with Crippen LogP contribution in [0.4, 0.5) is 0 Å². The molecule has 66 valence electrons. The fourth-order valence-corrected chi connectivity index (χ4v) is 1.05. The molecule has 0 radical (unpaired) electrons. The van der Waals surface area contributed by atoms with Crippen molar-refractivity contribution in [1.82, 2.24) is 0 Å². The van der Waals surface area contributed by atoms with Crippen LogP contribution in [0.15, 0.2) is 37.5 Å². The quantitative estimate of drug-likeness (QED) is 0.472. The minimum atomic E-state index is -0.716. The van der Waals surface area contributed by atoms with Crippen LogP contribution in [0.3, 0.4) is 0 Å². The van der Waals surface area contributed by atoms with Crippen LogP contribution in [0.1, 0.15) is 6.42 Å². The van der Waals surface area contributed by atoms with Crippen LogP contribution in [0.25, 0.3) is 0 Å². The third-order valence-corrected chi connectivity index (χ3v) is 1.69. The second-order valence-corrected chi connectivity index (χ2v) is 2.57. The van der Waals surface area contributed by atoms with Crippen molar-refractivity contribution < 1.29 is 9.47 Å². The average molecular weight is 166 g/mol. The minimum Gasteiger partial charge on any atom is -0.343 e. The molecular formula is C10H14O2. The van der Waals surface area contributed by atoms with E-state index in [1.807, 2.05) is 6.08 Å². The maximum atomic E-state index is 5.44. The molecule has 1 saturated heterocycles. The van der Waals surface area contributed by atoms with E-state index in [0.29, 0.717) is 13.2 Å². The van der Waals surface area contributed by atoms with Crippen molar-refractivity contribution in [2.75, 3.05) is 13.2 Å². The van der Waals surface area contributed by atoms with Crippen LogP contribution in [0, 0.1) is 0 Å². The standard InChI is InChI=1S/C10H14O2/c1-3-5-7-10(4-2)11-8-6-9-12-10/h3-5,7H,1-2,6,8-9H2/b7-5+. The highest BCUT2D eigenvalue weighted by molar-refractivity contribution is 5.12. The first-order valence-electron chi connectivity index (χ1n) is 4.05. The Morgan fingerprint density at radius 2 is 1.83 bits per heavy atom. The van der Waals surface area contributed by atoms with Gasteiger partial charge in [0.2, 0.25) is 5.79 Å². The largest absolute Gasteiger partial charge is 0.343 e. The summed E-state index contributed by atoms with van der Waals surface area (Å²) in [7, 11) is 0. The molecule has 0 aliphatic carbocycles. The molecule has 1 heterocycles. The van der Waals surface area contributed by atoms with Crippen LogP contribution in [-0.4, -0.2) is 19.0 Å². The molecule has 1 rings (SSSR count). The fourth-order valence-electron chi connectivity index (χ4n) is 1.05. The zero-order valence-electron chi connectivity index (χ0n) is 7.16. The Morgan fingerprint density at radius 1 is 1.17 bits per heavy atom. The highest BCUT2D eigenvalue weighted by Gasteiger charge is 2.27. The Labute approximate surface area is 73.2 Å². The fraction of sp³-hybridized carbons (Fsp3) is 0.400. The first-order chi connectivity index (χ1) is 5.83. The molecule has 0 aromatic rings. The molecule has 0 spiro atoms. The van der Waals surface area contributed by atoms with E-state index in [4.69, 9.17) is 9.47 Å². The van der Waals surface area contributed by atoms with Crippen molar-refractivity contribution >= 4 is 0 Å². The van der Waals surface area contributed by atoms with Gasteiger partial charge in [0.25, 0.3) is 0 Å². The predicted molar refractivity (Wildman–Crippen MR) is 48.8 cm³/mol. The second kappa shape index (κ2) is 4.24. The SMILES string of the molecule is C=C/C=C/C1(C=C)OCCCO1. The Balaban J connectivity index is 2.65. The monoisotopic (exact) mass is 166 g/mol. The van der Waals surface area contributed by atoms with Gasteiger partial charge < -0.3 is 9.47 Å². The van der Waals surface area contributed by atoms with E-state index < -0.39 is 5.79 Å². The third kappa shape index (κ3) is 2.06. The van der Waals surface area contributed by atoms with Gasteiger partial charge in [-0.25, -0.2) is 0 Å². The summed E-state index contributed by atoms with van der Waals surface area (Å²) in [5.74, 6) is -0.716. The molecule has 0 N–H and O–H groups in total. The van der Waals surface area contributed by atoms with Crippen LogP contribution in [0.2, 0.25) is 0 Å². The van der Waals surface area contributed by atoms with Gasteiger partial charge in [-0.3, -0.25) is 0 Å². The molecule has 1 aliphatic heterocycles. The van der Waals surface area contributed by atoms with Crippen molar-refractivity contribution in [3.05, 3.63) is 37.5 Å². The summed E-state index contributed by atoms with van der Waals surface area (Å²) < 4.78 is 10.9. The summed E-state index contributed by atoms with van der Waals surface area (Å²) in [6, 6.07) is 0. The molecule has 0 saturated carbocycles. The van der Waals surface area contributed by atoms with Gasteiger partial charge in [-0.05, 0) is 18.6 Å². The molecule has 1 aliphatic rings. The highest BCUT2D eigenvalue weighted by atomic mass is 16.7. The molecule has 1 fully saturated rings. The van der Waals surface area contributed by atoms with E-state index in [9.17, 15) is 0 Å². The maximum Gasteiger partial charge on any atom is 0.207 e. The van der Waals surface area contributed by atoms with Crippen molar-refractivity contribution in [1.29, 1.82) is 0 Å². The summed E-state index contributed by atoms with van der Waals surface area (Å²) in [6.07, 6.45) is 7.90. The van der Waals surface area contributed by atoms with Crippen molar-refractivity contribution in [3.63, 3.8) is 0 Å². The van der Waals surface area contributed by atoms with Crippen LogP contribution in [0.5, 0.6) is 0 Å². The lowest BCUT2D eigenvalue weighted by Crippen LogP contribution is -2.36. The lowest BCUT2D eigenvalue weighted by molar-refractivity contribution is -0.205. The highest BCUT2D eigenvalue weighted by Crippen LogP contribution is 2.21. The van der Waals surface area contributed by atoms with Gasteiger partial charge >= 0.3 is 0 Å². The van der Waals surface area contributed by atoms with Crippen LogP contribution >= 0.6 is 0 Å². The number of hydrogen-bond donors (Lipinski definition) is 0. The Kier molecular flexibility index (Phi) is 3.26. The number of hydrogen-bond acceptors (Lipinski definition) is 2. The zero-order chi connectivity index (χ0) is 8.86. The van der Waals surface area contributed by atoms with E-state index in [0.717, 1.165) is 6.42 Å². The van der Waals surface area contributed by atoms with Gasteiger partial charge in [-0.15, -0.1) is 0 Å². The lowest BCUT2D eigenvalue weighted by atomic mass is 10.2. The first kappa shape index (κ1) is 9.23. The lowest BCUT2D eigenvalue weighted by Gasteiger charge is -2.31. The molecule has 0 aromatic heterocycles. The average Bonchev–Trinajstić information content (AvgIpc) is 2.16.